The van der Waals surface area contributed by atoms with E-state index in [0.29, 0.717) is 17.5 Å². The number of ketones is 1. The maximum atomic E-state index is 12.3. The van der Waals surface area contributed by atoms with Gasteiger partial charge >= 0.3 is 0 Å². The maximum Gasteiger partial charge on any atom is 0.136 e. The molecule has 2 atom stereocenters. The van der Waals surface area contributed by atoms with E-state index >= 15 is 0 Å². The molecule has 0 aliphatic heterocycles. The van der Waals surface area contributed by atoms with Crippen molar-refractivity contribution in [2.24, 2.45) is 17.3 Å². The molecule has 1 fully saturated rings. The van der Waals surface area contributed by atoms with E-state index < -0.39 is 0 Å². The number of nitrogen functional groups attached to an aromatic ring is 1. The number of anilines is 1. The predicted molar refractivity (Wildman–Crippen MR) is 77.6 cm³/mol. The zero-order valence-electron chi connectivity index (χ0n) is 12.1. The summed E-state index contributed by atoms with van der Waals surface area (Å²) < 4.78 is 0. The number of pyridine rings is 1. The van der Waals surface area contributed by atoms with E-state index in [1.165, 1.54) is 0 Å². The van der Waals surface area contributed by atoms with Crippen LogP contribution in [0.4, 0.5) is 5.82 Å². The molecule has 104 valence electrons. The maximum absolute atomic E-state index is 12.3. The van der Waals surface area contributed by atoms with Crippen LogP contribution in [-0.4, -0.2) is 10.8 Å². The van der Waals surface area contributed by atoms with Crippen molar-refractivity contribution < 1.29 is 4.79 Å². The summed E-state index contributed by atoms with van der Waals surface area (Å²) in [5.41, 5.74) is 6.93. The number of rotatable bonds is 3. The zero-order valence-corrected chi connectivity index (χ0v) is 12.1. The Labute approximate surface area is 115 Å². The molecule has 1 saturated carbocycles. The average molecular weight is 260 g/mol. The number of hydrogen-bond donors (Lipinski definition) is 1. The van der Waals surface area contributed by atoms with Crippen LogP contribution in [0.25, 0.3) is 0 Å². The Morgan fingerprint density at radius 1 is 1.42 bits per heavy atom. The summed E-state index contributed by atoms with van der Waals surface area (Å²) in [6, 6.07) is 3.92. The first-order chi connectivity index (χ1) is 8.90. The zero-order chi connectivity index (χ0) is 14.0. The van der Waals surface area contributed by atoms with Crippen LogP contribution in [-0.2, 0) is 11.2 Å². The standard InChI is InChI=1S/C16H24N2O/c1-11-6-7-13(14(19)9-11)16(2,3)10-12-5-4-8-18-15(12)17/h4-5,8,11,13H,6-7,9-10H2,1-3H3,(H2,17,18). The Hall–Kier alpha value is -1.38. The third-order valence-corrected chi connectivity index (χ3v) is 4.40. The summed E-state index contributed by atoms with van der Waals surface area (Å²) in [4.78, 5) is 16.4. The van der Waals surface area contributed by atoms with Crippen molar-refractivity contribution in [1.82, 2.24) is 4.98 Å². The van der Waals surface area contributed by atoms with Crippen LogP contribution in [0.3, 0.4) is 0 Å². The van der Waals surface area contributed by atoms with Crippen LogP contribution in [0, 0.1) is 17.3 Å². The first kappa shape index (κ1) is 14.0. The number of aromatic nitrogens is 1. The molecule has 3 nitrogen and oxygen atoms in total. The number of hydrogen-bond acceptors (Lipinski definition) is 3. The lowest BCUT2D eigenvalue weighted by atomic mass is 9.66. The third kappa shape index (κ3) is 3.14. The van der Waals surface area contributed by atoms with Crippen LogP contribution in [0.15, 0.2) is 18.3 Å². The van der Waals surface area contributed by atoms with Gasteiger partial charge in [0, 0.05) is 18.5 Å². The fourth-order valence-corrected chi connectivity index (χ4v) is 3.24. The summed E-state index contributed by atoms with van der Waals surface area (Å²) >= 11 is 0. The SMILES string of the molecule is CC1CCC(C(C)(C)Cc2cccnc2N)C(=O)C1. The molecule has 1 aromatic heterocycles. The van der Waals surface area contributed by atoms with Gasteiger partial charge in [-0.2, -0.15) is 0 Å². The predicted octanol–water partition coefficient (Wildman–Crippen LogP) is 3.24. The van der Waals surface area contributed by atoms with Gasteiger partial charge in [0.2, 0.25) is 0 Å². The molecule has 1 aromatic rings. The van der Waals surface area contributed by atoms with Crippen molar-refractivity contribution in [1.29, 1.82) is 0 Å². The Morgan fingerprint density at radius 3 is 2.79 bits per heavy atom. The van der Waals surface area contributed by atoms with Gasteiger partial charge in [0.25, 0.3) is 0 Å². The summed E-state index contributed by atoms with van der Waals surface area (Å²) in [6.07, 6.45) is 5.42. The second kappa shape index (κ2) is 5.32. The topological polar surface area (TPSA) is 56.0 Å². The summed E-state index contributed by atoms with van der Waals surface area (Å²) in [5.74, 6) is 1.71. The number of nitrogens with zero attached hydrogens (tertiary/aromatic N) is 1. The second-order valence-electron chi connectivity index (χ2n) is 6.62. The molecular formula is C16H24N2O. The van der Waals surface area contributed by atoms with Crippen LogP contribution >= 0.6 is 0 Å². The van der Waals surface area contributed by atoms with E-state index in [2.05, 4.69) is 25.8 Å². The van der Waals surface area contributed by atoms with Crippen molar-refractivity contribution in [3.8, 4) is 0 Å². The van der Waals surface area contributed by atoms with Crippen molar-refractivity contribution in [2.75, 3.05) is 5.73 Å². The highest BCUT2D eigenvalue weighted by Gasteiger charge is 2.38. The first-order valence-electron chi connectivity index (χ1n) is 7.12. The van der Waals surface area contributed by atoms with E-state index in [-0.39, 0.29) is 11.3 Å². The minimum atomic E-state index is -0.0472. The molecule has 0 spiro atoms. The molecule has 2 N–H and O–H groups in total. The van der Waals surface area contributed by atoms with Crippen molar-refractivity contribution >= 4 is 11.6 Å². The monoisotopic (exact) mass is 260 g/mol. The summed E-state index contributed by atoms with van der Waals surface area (Å²) in [5, 5.41) is 0. The number of Topliss-reactive ketones (excluding diaryl/α,β-unsaturated/α-hetero) is 1. The molecule has 0 radical (unpaired) electrons. The smallest absolute Gasteiger partial charge is 0.136 e. The van der Waals surface area contributed by atoms with Crippen LogP contribution < -0.4 is 5.73 Å². The molecule has 1 aliphatic rings. The minimum absolute atomic E-state index is 0.0472. The van der Waals surface area contributed by atoms with Crippen molar-refractivity contribution in [3.05, 3.63) is 23.9 Å². The van der Waals surface area contributed by atoms with Gasteiger partial charge in [-0.1, -0.05) is 26.8 Å². The van der Waals surface area contributed by atoms with Gasteiger partial charge in [-0.05, 0) is 42.2 Å². The molecule has 1 heterocycles. The lowest BCUT2D eigenvalue weighted by Crippen LogP contribution is -2.37. The molecule has 2 unspecified atom stereocenters. The number of nitrogens with two attached hydrogens (primary N) is 1. The molecule has 0 bridgehead atoms. The Balaban J connectivity index is 2.14. The van der Waals surface area contributed by atoms with Gasteiger partial charge in [0.05, 0.1) is 0 Å². The highest BCUT2D eigenvalue weighted by atomic mass is 16.1. The van der Waals surface area contributed by atoms with Crippen molar-refractivity contribution in [3.63, 3.8) is 0 Å². The van der Waals surface area contributed by atoms with E-state index in [1.807, 2.05) is 12.1 Å². The molecule has 2 rings (SSSR count). The number of carbonyl (C=O) groups is 1. The van der Waals surface area contributed by atoms with Gasteiger partial charge in [0.1, 0.15) is 11.6 Å². The van der Waals surface area contributed by atoms with Gasteiger partial charge in [-0.3, -0.25) is 4.79 Å². The van der Waals surface area contributed by atoms with Gasteiger partial charge in [0.15, 0.2) is 0 Å². The van der Waals surface area contributed by atoms with Crippen LogP contribution in [0.5, 0.6) is 0 Å². The van der Waals surface area contributed by atoms with Crippen molar-refractivity contribution in [2.45, 2.75) is 46.5 Å². The summed E-state index contributed by atoms with van der Waals surface area (Å²) in [7, 11) is 0. The van der Waals surface area contributed by atoms with Gasteiger partial charge in [-0.15, -0.1) is 0 Å². The molecule has 0 amide bonds. The lowest BCUT2D eigenvalue weighted by Gasteiger charge is -2.37. The average Bonchev–Trinajstić information content (AvgIpc) is 2.31. The molecule has 0 saturated heterocycles. The Bertz CT molecular complexity index is 468. The fourth-order valence-electron chi connectivity index (χ4n) is 3.24. The van der Waals surface area contributed by atoms with Gasteiger partial charge < -0.3 is 5.73 Å². The van der Waals surface area contributed by atoms with Gasteiger partial charge in [-0.25, -0.2) is 4.98 Å². The van der Waals surface area contributed by atoms with E-state index in [1.54, 1.807) is 6.20 Å². The Kier molecular flexibility index (Phi) is 3.93. The normalized spacial score (nSPS) is 24.5. The minimum Gasteiger partial charge on any atom is -0.383 e. The van der Waals surface area contributed by atoms with Crippen LogP contribution in [0.2, 0.25) is 0 Å². The molecule has 1 aliphatic carbocycles. The summed E-state index contributed by atoms with van der Waals surface area (Å²) in [6.45, 7) is 6.52. The molecule has 3 heteroatoms. The quantitative estimate of drug-likeness (QED) is 0.907. The largest absolute Gasteiger partial charge is 0.383 e. The molecular weight excluding hydrogens is 236 g/mol. The third-order valence-electron chi connectivity index (χ3n) is 4.40. The molecule has 19 heavy (non-hydrogen) atoms. The number of carbonyl (C=O) groups excluding carboxylic acids is 1. The Morgan fingerprint density at radius 2 is 2.16 bits per heavy atom. The van der Waals surface area contributed by atoms with Crippen LogP contribution in [0.1, 0.15) is 45.6 Å². The first-order valence-corrected chi connectivity index (χ1v) is 7.12. The lowest BCUT2D eigenvalue weighted by molar-refractivity contribution is -0.129. The fraction of sp³-hybridized carbons (Fsp3) is 0.625. The highest BCUT2D eigenvalue weighted by molar-refractivity contribution is 5.82. The van der Waals surface area contributed by atoms with E-state index in [9.17, 15) is 4.79 Å². The second-order valence-corrected chi connectivity index (χ2v) is 6.62. The van der Waals surface area contributed by atoms with E-state index in [4.69, 9.17) is 5.73 Å². The molecule has 0 aromatic carbocycles. The highest BCUT2D eigenvalue weighted by Crippen LogP contribution is 2.40. The van der Waals surface area contributed by atoms with E-state index in [0.717, 1.165) is 31.2 Å².